The van der Waals surface area contributed by atoms with Crippen molar-refractivity contribution in [1.82, 2.24) is 15.0 Å². The van der Waals surface area contributed by atoms with E-state index in [-0.39, 0.29) is 0 Å². The molecule has 0 radical (unpaired) electrons. The predicted molar refractivity (Wildman–Crippen MR) is 228 cm³/mol. The van der Waals surface area contributed by atoms with E-state index < -0.39 is 0 Å². The molecule has 0 unspecified atom stereocenters. The number of aromatic nitrogens is 3. The summed E-state index contributed by atoms with van der Waals surface area (Å²) in [7, 11) is 0. The minimum atomic E-state index is 0.593. The number of nitrogens with zero attached hydrogens (tertiary/aromatic N) is 3. The van der Waals surface area contributed by atoms with Gasteiger partial charge in [-0.2, -0.15) is 0 Å². The van der Waals surface area contributed by atoms with E-state index >= 15 is 0 Å². The van der Waals surface area contributed by atoms with Crippen LogP contribution in [0.3, 0.4) is 0 Å². The molecule has 0 saturated carbocycles. The van der Waals surface area contributed by atoms with Crippen LogP contribution in [0.5, 0.6) is 0 Å². The summed E-state index contributed by atoms with van der Waals surface area (Å²) in [6.45, 7) is 0. The lowest BCUT2D eigenvalue weighted by Gasteiger charge is -2.13. The van der Waals surface area contributed by atoms with E-state index in [9.17, 15) is 0 Å². The van der Waals surface area contributed by atoms with Gasteiger partial charge in [0.05, 0.1) is 0 Å². The van der Waals surface area contributed by atoms with Crippen LogP contribution < -0.4 is 0 Å². The molecule has 11 rings (SSSR count). The first-order chi connectivity index (χ1) is 27.7. The molecule has 264 valence electrons. The monoisotopic (exact) mass is 719 g/mol. The van der Waals surface area contributed by atoms with Crippen molar-refractivity contribution in [1.29, 1.82) is 0 Å². The lowest BCUT2D eigenvalue weighted by Crippen LogP contribution is -2.00. The summed E-state index contributed by atoms with van der Waals surface area (Å²) >= 11 is 0. The number of fused-ring (bicyclic) bond motifs is 6. The zero-order valence-electron chi connectivity index (χ0n) is 30.3. The Morgan fingerprint density at radius 1 is 0.411 bits per heavy atom. The third-order valence-corrected chi connectivity index (χ3v) is 10.8. The highest BCUT2D eigenvalue weighted by atomic mass is 16.3. The predicted octanol–water partition coefficient (Wildman–Crippen LogP) is 13.7. The van der Waals surface area contributed by atoms with Crippen LogP contribution in [-0.2, 0) is 0 Å². The molecule has 0 spiro atoms. The molecule has 0 saturated heterocycles. The van der Waals surface area contributed by atoms with Gasteiger partial charge in [0.1, 0.15) is 22.3 Å². The van der Waals surface area contributed by atoms with Gasteiger partial charge >= 0.3 is 0 Å². The first-order valence-electron chi connectivity index (χ1n) is 19.0. The van der Waals surface area contributed by atoms with Crippen molar-refractivity contribution in [2.75, 3.05) is 0 Å². The normalized spacial score (nSPS) is 12.9. The smallest absolute Gasteiger partial charge is 0.164 e. The van der Waals surface area contributed by atoms with Gasteiger partial charge < -0.3 is 8.83 Å². The van der Waals surface area contributed by atoms with Crippen molar-refractivity contribution in [3.63, 3.8) is 0 Å². The van der Waals surface area contributed by atoms with E-state index in [4.69, 9.17) is 23.8 Å². The highest BCUT2D eigenvalue weighted by molar-refractivity contribution is 6.17. The Kier molecular flexibility index (Phi) is 7.56. The summed E-state index contributed by atoms with van der Waals surface area (Å²) in [6.07, 6.45) is 8.75. The first kappa shape index (κ1) is 32.1. The van der Waals surface area contributed by atoms with E-state index in [1.165, 1.54) is 16.7 Å². The van der Waals surface area contributed by atoms with Gasteiger partial charge in [0.2, 0.25) is 0 Å². The molecule has 0 bridgehead atoms. The minimum Gasteiger partial charge on any atom is -0.456 e. The second kappa shape index (κ2) is 13.2. The summed E-state index contributed by atoms with van der Waals surface area (Å²) < 4.78 is 13.3. The third-order valence-electron chi connectivity index (χ3n) is 10.8. The van der Waals surface area contributed by atoms with E-state index in [0.29, 0.717) is 17.5 Å². The van der Waals surface area contributed by atoms with E-state index in [2.05, 4.69) is 97.1 Å². The zero-order valence-corrected chi connectivity index (χ0v) is 30.3. The average Bonchev–Trinajstić information content (AvgIpc) is 3.86. The van der Waals surface area contributed by atoms with Crippen LogP contribution in [0.15, 0.2) is 185 Å². The molecule has 0 aliphatic heterocycles. The van der Waals surface area contributed by atoms with E-state index in [1.54, 1.807) is 0 Å². The van der Waals surface area contributed by atoms with Crippen molar-refractivity contribution < 1.29 is 8.83 Å². The van der Waals surface area contributed by atoms with Crippen molar-refractivity contribution in [3.8, 4) is 56.4 Å². The van der Waals surface area contributed by atoms with Gasteiger partial charge in [-0.1, -0.05) is 140 Å². The van der Waals surface area contributed by atoms with E-state index in [1.807, 2.05) is 78.9 Å². The Hall–Kier alpha value is -7.37. The van der Waals surface area contributed by atoms with Crippen LogP contribution in [0.25, 0.3) is 106 Å². The first-order valence-corrected chi connectivity index (χ1v) is 19.0. The molecule has 5 heteroatoms. The van der Waals surface area contributed by atoms with Crippen LogP contribution in [0.4, 0.5) is 0 Å². The maximum atomic E-state index is 6.72. The summed E-state index contributed by atoms with van der Waals surface area (Å²) in [4.78, 5) is 15.0. The van der Waals surface area contributed by atoms with Gasteiger partial charge in [0.15, 0.2) is 17.5 Å². The van der Waals surface area contributed by atoms with Crippen LogP contribution in [0.2, 0.25) is 0 Å². The maximum absolute atomic E-state index is 6.72. The fourth-order valence-corrected chi connectivity index (χ4v) is 8.13. The summed E-state index contributed by atoms with van der Waals surface area (Å²) in [5.74, 6) is 1.83. The highest BCUT2D eigenvalue weighted by Gasteiger charge is 2.21. The number of hydrogen-bond acceptors (Lipinski definition) is 5. The maximum Gasteiger partial charge on any atom is 0.164 e. The number of allylic oxidation sites excluding steroid dienone is 4. The van der Waals surface area contributed by atoms with Crippen molar-refractivity contribution in [2.24, 2.45) is 0 Å². The van der Waals surface area contributed by atoms with Crippen LogP contribution in [0.1, 0.15) is 18.4 Å². The van der Waals surface area contributed by atoms with Crippen molar-refractivity contribution >= 4 is 49.5 Å². The van der Waals surface area contributed by atoms with Gasteiger partial charge in [-0.15, -0.1) is 0 Å². The van der Waals surface area contributed by atoms with Crippen molar-refractivity contribution in [3.05, 3.63) is 182 Å². The number of rotatable bonds is 6. The molecule has 0 N–H and O–H groups in total. The number of hydrogen-bond donors (Lipinski definition) is 0. The molecule has 0 fully saturated rings. The Morgan fingerprint density at radius 2 is 1.05 bits per heavy atom. The minimum absolute atomic E-state index is 0.593. The van der Waals surface area contributed by atoms with Crippen LogP contribution in [-0.4, -0.2) is 15.0 Å². The summed E-state index contributed by atoms with van der Waals surface area (Å²) in [6, 6.07) is 54.3. The molecule has 0 atom stereocenters. The Bertz CT molecular complexity index is 3130. The Labute approximate surface area is 322 Å². The number of benzene rings is 7. The average molecular weight is 720 g/mol. The quantitative estimate of drug-likeness (QED) is 0.171. The van der Waals surface area contributed by atoms with E-state index in [0.717, 1.165) is 90.1 Å². The molecular formula is C51H33N3O2. The lowest BCUT2D eigenvalue weighted by molar-refractivity contribution is 0.668. The molecule has 1 aliphatic rings. The molecule has 3 aromatic heterocycles. The van der Waals surface area contributed by atoms with Gasteiger partial charge in [0.25, 0.3) is 0 Å². The van der Waals surface area contributed by atoms with Gasteiger partial charge in [0, 0.05) is 43.8 Å². The SMILES string of the molecule is C1=CCCC(c2cccc(-c3ccc(-c4ccc5c(c4)oc4cccc(-c6nc(-c7ccccc7)nc(-c7ccccc7)n6)c45)c4oc5ccccc5c34)c2)=C1. The molecule has 5 nitrogen and oxygen atoms in total. The van der Waals surface area contributed by atoms with Crippen LogP contribution in [0, 0.1) is 0 Å². The van der Waals surface area contributed by atoms with Crippen LogP contribution >= 0.6 is 0 Å². The third kappa shape index (κ3) is 5.44. The lowest BCUT2D eigenvalue weighted by atomic mass is 9.91. The summed E-state index contributed by atoms with van der Waals surface area (Å²) in [5.41, 5.74) is 13.0. The number of furan rings is 2. The fraction of sp³-hybridized carbons (Fsp3) is 0.0392. The summed E-state index contributed by atoms with van der Waals surface area (Å²) in [5, 5.41) is 4.16. The highest BCUT2D eigenvalue weighted by Crippen LogP contribution is 2.44. The molecule has 1 aliphatic carbocycles. The van der Waals surface area contributed by atoms with Crippen molar-refractivity contribution in [2.45, 2.75) is 12.8 Å². The second-order valence-corrected chi connectivity index (χ2v) is 14.2. The van der Waals surface area contributed by atoms with Gasteiger partial charge in [-0.05, 0) is 77.1 Å². The molecule has 56 heavy (non-hydrogen) atoms. The zero-order chi connectivity index (χ0) is 37.0. The fourth-order valence-electron chi connectivity index (χ4n) is 8.13. The molecule has 7 aromatic carbocycles. The molecule has 3 heterocycles. The largest absolute Gasteiger partial charge is 0.456 e. The topological polar surface area (TPSA) is 65.0 Å². The number of para-hydroxylation sites is 1. The molecule has 10 aromatic rings. The Balaban J connectivity index is 1.06. The van der Waals surface area contributed by atoms with Gasteiger partial charge in [-0.3, -0.25) is 0 Å². The standard InChI is InChI=1S/C51H33N3O2/c1-4-14-32(15-5-1)35-20-12-21-36(30-35)38-28-29-39(48-47(38)40-22-10-11-24-43(40)56-48)37-26-27-41-45(31-37)55-44-25-13-23-42(46(41)44)51-53-49(33-16-6-2-7-17-33)52-50(54-51)34-18-8-3-9-19-34/h1-4,6-14,16-31H,5,15H2. The molecular weight excluding hydrogens is 687 g/mol. The Morgan fingerprint density at radius 3 is 1.84 bits per heavy atom. The molecule has 0 amide bonds. The second-order valence-electron chi connectivity index (χ2n) is 14.2. The van der Waals surface area contributed by atoms with Gasteiger partial charge in [-0.25, -0.2) is 15.0 Å².